The van der Waals surface area contributed by atoms with Crippen molar-refractivity contribution in [1.82, 2.24) is 30.1 Å². The first-order valence-electron chi connectivity index (χ1n) is 9.33. The molecule has 0 unspecified atom stereocenters. The van der Waals surface area contributed by atoms with Gasteiger partial charge in [0.15, 0.2) is 0 Å². The van der Waals surface area contributed by atoms with Crippen LogP contribution < -0.4 is 5.73 Å². The molecule has 0 saturated carbocycles. The van der Waals surface area contributed by atoms with Gasteiger partial charge in [0.05, 0.1) is 28.8 Å². The Bertz CT molecular complexity index is 1510. The van der Waals surface area contributed by atoms with Crippen molar-refractivity contribution >= 4 is 39.0 Å². The van der Waals surface area contributed by atoms with Gasteiger partial charge in [-0.2, -0.15) is 5.10 Å². The van der Waals surface area contributed by atoms with E-state index in [4.69, 9.17) is 5.73 Å². The summed E-state index contributed by atoms with van der Waals surface area (Å²) >= 11 is 1.71. The van der Waals surface area contributed by atoms with Gasteiger partial charge < -0.3 is 10.7 Å². The maximum Gasteiger partial charge on any atom is 0.138 e. The van der Waals surface area contributed by atoms with E-state index in [1.807, 2.05) is 24.4 Å². The number of nitrogens with one attached hydrogen (secondary N) is 2. The zero-order valence-corrected chi connectivity index (χ0v) is 16.4. The van der Waals surface area contributed by atoms with Gasteiger partial charge in [-0.15, -0.1) is 11.3 Å². The number of hydrogen-bond donors (Lipinski definition) is 3. The Morgan fingerprint density at radius 1 is 0.967 bits per heavy atom. The van der Waals surface area contributed by atoms with Gasteiger partial charge in [0.25, 0.3) is 0 Å². The zero-order chi connectivity index (χ0) is 20.1. The molecule has 6 heterocycles. The van der Waals surface area contributed by atoms with Gasteiger partial charge in [-0.1, -0.05) is 6.07 Å². The Hall–Kier alpha value is -4.04. The highest BCUT2D eigenvalue weighted by molar-refractivity contribution is 7.13. The third kappa shape index (κ3) is 2.66. The summed E-state index contributed by atoms with van der Waals surface area (Å²) in [5.41, 5.74) is 12.7. The molecule has 0 saturated heterocycles. The predicted molar refractivity (Wildman–Crippen MR) is 120 cm³/mol. The topological polar surface area (TPSA) is 109 Å². The molecule has 0 radical (unpaired) electrons. The van der Waals surface area contributed by atoms with E-state index in [-0.39, 0.29) is 0 Å². The first-order valence-corrected chi connectivity index (χ1v) is 10.2. The fourth-order valence-corrected chi connectivity index (χ4v) is 4.44. The Balaban J connectivity index is 1.52. The van der Waals surface area contributed by atoms with Crippen LogP contribution in [0.15, 0.2) is 66.6 Å². The zero-order valence-electron chi connectivity index (χ0n) is 15.6. The van der Waals surface area contributed by atoms with Gasteiger partial charge in [0.2, 0.25) is 0 Å². The number of fused-ring (bicyclic) bond motifs is 2. The summed E-state index contributed by atoms with van der Waals surface area (Å²) in [5.74, 6) is 0. The van der Waals surface area contributed by atoms with Crippen LogP contribution in [0.3, 0.4) is 0 Å². The van der Waals surface area contributed by atoms with Gasteiger partial charge >= 0.3 is 0 Å². The molecule has 0 bridgehead atoms. The number of aromatic nitrogens is 6. The third-order valence-corrected chi connectivity index (χ3v) is 5.98. The molecule has 0 aliphatic heterocycles. The van der Waals surface area contributed by atoms with Crippen LogP contribution in [0.5, 0.6) is 0 Å². The van der Waals surface area contributed by atoms with E-state index in [1.54, 1.807) is 29.9 Å². The number of H-pyrrole nitrogens is 2. The number of rotatable bonds is 3. The lowest BCUT2D eigenvalue weighted by Crippen LogP contribution is -1.89. The number of nitrogens with two attached hydrogens (primary N) is 1. The average Bonchev–Trinajstić information content (AvgIpc) is 3.51. The number of nitrogen functional groups attached to an aromatic ring is 1. The number of thiophene rings is 1. The fraction of sp³-hybridized carbons (Fsp3) is 0. The quantitative estimate of drug-likeness (QED) is 0.386. The summed E-state index contributed by atoms with van der Waals surface area (Å²) in [6.07, 6.45) is 6.98. The molecule has 6 rings (SSSR count). The molecule has 0 spiro atoms. The molecule has 144 valence electrons. The van der Waals surface area contributed by atoms with E-state index in [2.05, 4.69) is 53.7 Å². The molecule has 6 aromatic rings. The first kappa shape index (κ1) is 16.9. The summed E-state index contributed by atoms with van der Waals surface area (Å²) in [7, 11) is 0. The van der Waals surface area contributed by atoms with Crippen molar-refractivity contribution in [2.75, 3.05) is 5.73 Å². The minimum Gasteiger partial charge on any atom is -0.397 e. The highest BCUT2D eigenvalue weighted by Gasteiger charge is 2.15. The monoisotopic (exact) mass is 409 g/mol. The molecule has 30 heavy (non-hydrogen) atoms. The van der Waals surface area contributed by atoms with Gasteiger partial charge in [-0.25, -0.2) is 4.98 Å². The maximum atomic E-state index is 5.89. The Labute approximate surface area is 174 Å². The molecular formula is C22H15N7S. The van der Waals surface area contributed by atoms with E-state index < -0.39 is 0 Å². The van der Waals surface area contributed by atoms with Crippen LogP contribution >= 0.6 is 11.3 Å². The van der Waals surface area contributed by atoms with Crippen LogP contribution in [0, 0.1) is 0 Å². The normalized spacial score (nSPS) is 11.5. The number of hydrogen-bond acceptors (Lipinski definition) is 6. The van der Waals surface area contributed by atoms with Crippen LogP contribution in [0.25, 0.3) is 55.0 Å². The maximum absolute atomic E-state index is 5.89. The smallest absolute Gasteiger partial charge is 0.138 e. The summed E-state index contributed by atoms with van der Waals surface area (Å²) in [6.45, 7) is 0. The van der Waals surface area contributed by atoms with Gasteiger partial charge in [-0.05, 0) is 35.7 Å². The molecule has 0 aliphatic carbocycles. The van der Waals surface area contributed by atoms with Crippen molar-refractivity contribution in [3.63, 3.8) is 0 Å². The van der Waals surface area contributed by atoms with Crippen molar-refractivity contribution < 1.29 is 0 Å². The van der Waals surface area contributed by atoms with E-state index in [9.17, 15) is 0 Å². The van der Waals surface area contributed by atoms with Crippen molar-refractivity contribution in [2.45, 2.75) is 0 Å². The van der Waals surface area contributed by atoms with Crippen molar-refractivity contribution in [2.24, 2.45) is 0 Å². The van der Waals surface area contributed by atoms with Crippen molar-refractivity contribution in [1.29, 1.82) is 0 Å². The number of anilines is 1. The standard InChI is InChI=1S/C22H15N7S/c23-13-6-12(9-24-10-13)17-8-16-19(11-26-17)28-29-21(16)18-7-15-14(20-2-1-5-30-20)3-4-25-22(15)27-18/h1-11H,23H2,(H,25,27)(H,28,29). The second-order valence-corrected chi connectivity index (χ2v) is 7.92. The summed E-state index contributed by atoms with van der Waals surface area (Å²) in [6, 6.07) is 12.2. The van der Waals surface area contributed by atoms with Crippen LogP contribution in [0.2, 0.25) is 0 Å². The van der Waals surface area contributed by atoms with Crippen molar-refractivity contribution in [3.05, 3.63) is 66.6 Å². The molecule has 0 amide bonds. The van der Waals surface area contributed by atoms with Crippen LogP contribution in [0.1, 0.15) is 0 Å². The largest absolute Gasteiger partial charge is 0.397 e. The van der Waals surface area contributed by atoms with Gasteiger partial charge in [0, 0.05) is 45.4 Å². The Morgan fingerprint density at radius 2 is 1.93 bits per heavy atom. The molecule has 8 heteroatoms. The molecular weight excluding hydrogens is 394 g/mol. The minimum absolute atomic E-state index is 0.601. The average molecular weight is 409 g/mol. The molecule has 0 atom stereocenters. The summed E-state index contributed by atoms with van der Waals surface area (Å²) < 4.78 is 0. The number of aromatic amines is 2. The van der Waals surface area contributed by atoms with Gasteiger partial charge in [0.1, 0.15) is 11.3 Å². The second kappa shape index (κ2) is 6.50. The first-order chi connectivity index (χ1) is 14.8. The van der Waals surface area contributed by atoms with E-state index in [1.165, 1.54) is 4.88 Å². The Kier molecular flexibility index (Phi) is 3.65. The van der Waals surface area contributed by atoms with Crippen LogP contribution in [0.4, 0.5) is 5.69 Å². The molecule has 0 aromatic carbocycles. The SMILES string of the molecule is Nc1cncc(-c2cc3c(-c4cc5c(-c6cccs6)ccnc5[nH]4)n[nH]c3cn2)c1. The minimum atomic E-state index is 0.601. The number of pyridine rings is 3. The summed E-state index contributed by atoms with van der Waals surface area (Å²) in [4.78, 5) is 17.8. The number of nitrogens with zero attached hydrogens (tertiary/aromatic N) is 4. The van der Waals surface area contributed by atoms with E-state index >= 15 is 0 Å². The Morgan fingerprint density at radius 3 is 2.80 bits per heavy atom. The van der Waals surface area contributed by atoms with Crippen LogP contribution in [-0.2, 0) is 0 Å². The highest BCUT2D eigenvalue weighted by atomic mass is 32.1. The second-order valence-electron chi connectivity index (χ2n) is 6.98. The summed E-state index contributed by atoms with van der Waals surface area (Å²) in [5, 5.41) is 11.7. The molecule has 4 N–H and O–H groups in total. The van der Waals surface area contributed by atoms with Crippen molar-refractivity contribution in [3.8, 4) is 33.1 Å². The molecule has 7 nitrogen and oxygen atoms in total. The fourth-order valence-electron chi connectivity index (χ4n) is 3.68. The highest BCUT2D eigenvalue weighted by Crippen LogP contribution is 2.35. The lowest BCUT2D eigenvalue weighted by Gasteiger charge is -2.02. The molecule has 0 aliphatic rings. The lowest BCUT2D eigenvalue weighted by molar-refractivity contribution is 1.11. The van der Waals surface area contributed by atoms with Gasteiger partial charge in [-0.3, -0.25) is 15.1 Å². The van der Waals surface area contributed by atoms with Crippen LogP contribution in [-0.4, -0.2) is 30.1 Å². The molecule has 6 aromatic heterocycles. The third-order valence-electron chi connectivity index (χ3n) is 5.08. The van der Waals surface area contributed by atoms with E-state index in [0.717, 1.165) is 50.1 Å². The predicted octanol–water partition coefficient (Wildman–Crippen LogP) is 4.87. The molecule has 0 fully saturated rings. The van der Waals surface area contributed by atoms with E-state index in [0.29, 0.717) is 5.69 Å². The lowest BCUT2D eigenvalue weighted by atomic mass is 10.1.